The molecule has 7 heteroatoms. The van der Waals surface area contributed by atoms with Crippen molar-refractivity contribution in [2.45, 2.75) is 6.54 Å². The van der Waals surface area contributed by atoms with Crippen molar-refractivity contribution >= 4 is 5.91 Å². The Labute approximate surface area is 198 Å². The molecule has 174 valence electrons. The van der Waals surface area contributed by atoms with E-state index in [0.29, 0.717) is 35.9 Å². The highest BCUT2D eigenvalue weighted by Crippen LogP contribution is 2.35. The second-order valence-electron chi connectivity index (χ2n) is 7.74. The van der Waals surface area contributed by atoms with E-state index in [-0.39, 0.29) is 18.2 Å². The summed E-state index contributed by atoms with van der Waals surface area (Å²) in [7, 11) is 3.34. The number of methoxy groups -OCH3 is 1. The van der Waals surface area contributed by atoms with Gasteiger partial charge in [0.2, 0.25) is 5.88 Å². The minimum absolute atomic E-state index is 0.0872. The molecule has 3 aromatic carbocycles. The predicted molar refractivity (Wildman–Crippen MR) is 128 cm³/mol. The van der Waals surface area contributed by atoms with Crippen molar-refractivity contribution in [2.75, 3.05) is 20.3 Å². The quantitative estimate of drug-likeness (QED) is 0.341. The van der Waals surface area contributed by atoms with Gasteiger partial charge in [-0.2, -0.15) is 5.10 Å². The third kappa shape index (κ3) is 5.15. The van der Waals surface area contributed by atoms with Crippen LogP contribution in [0.25, 0.3) is 11.3 Å². The van der Waals surface area contributed by atoms with Gasteiger partial charge in [0.15, 0.2) is 11.6 Å². The Morgan fingerprint density at radius 1 is 0.971 bits per heavy atom. The SMILES string of the molecule is COCCN(Cc1c(-c2ccccc2)nn(C)c1Oc1ccccc1F)C(=O)c1ccccc1. The summed E-state index contributed by atoms with van der Waals surface area (Å²) in [6, 6.07) is 24.9. The van der Waals surface area contributed by atoms with Crippen LogP contribution in [0.4, 0.5) is 4.39 Å². The number of carbonyl (C=O) groups is 1. The molecule has 0 N–H and O–H groups in total. The number of benzene rings is 3. The van der Waals surface area contributed by atoms with Crippen LogP contribution >= 0.6 is 0 Å². The van der Waals surface area contributed by atoms with Crippen molar-refractivity contribution in [1.29, 1.82) is 0 Å². The van der Waals surface area contributed by atoms with Gasteiger partial charge in [0.1, 0.15) is 5.69 Å². The van der Waals surface area contributed by atoms with E-state index in [4.69, 9.17) is 9.47 Å². The summed E-state index contributed by atoms with van der Waals surface area (Å²) >= 11 is 0. The number of ether oxygens (including phenoxy) is 2. The maximum absolute atomic E-state index is 14.4. The first-order valence-electron chi connectivity index (χ1n) is 11.0. The van der Waals surface area contributed by atoms with Crippen molar-refractivity contribution < 1.29 is 18.7 Å². The lowest BCUT2D eigenvalue weighted by Gasteiger charge is -2.23. The molecule has 0 aliphatic rings. The molecule has 4 aromatic rings. The highest BCUT2D eigenvalue weighted by Gasteiger charge is 2.25. The van der Waals surface area contributed by atoms with E-state index in [0.717, 1.165) is 5.56 Å². The van der Waals surface area contributed by atoms with E-state index in [2.05, 4.69) is 5.10 Å². The van der Waals surface area contributed by atoms with Gasteiger partial charge in [0.25, 0.3) is 5.91 Å². The van der Waals surface area contributed by atoms with E-state index in [1.807, 2.05) is 48.5 Å². The topological polar surface area (TPSA) is 56.6 Å². The number of halogens is 1. The van der Waals surface area contributed by atoms with Gasteiger partial charge < -0.3 is 14.4 Å². The molecule has 6 nitrogen and oxygen atoms in total. The van der Waals surface area contributed by atoms with Gasteiger partial charge in [-0.3, -0.25) is 4.79 Å². The molecule has 0 atom stereocenters. The molecular formula is C27H26FN3O3. The van der Waals surface area contributed by atoms with Gasteiger partial charge in [-0.1, -0.05) is 60.7 Å². The molecule has 0 radical (unpaired) electrons. The van der Waals surface area contributed by atoms with Gasteiger partial charge in [0, 0.05) is 31.8 Å². The summed E-state index contributed by atoms with van der Waals surface area (Å²) in [5.41, 5.74) is 2.78. The zero-order valence-corrected chi connectivity index (χ0v) is 19.1. The maximum Gasteiger partial charge on any atom is 0.254 e. The second-order valence-corrected chi connectivity index (χ2v) is 7.74. The molecule has 0 fully saturated rings. The van der Waals surface area contributed by atoms with Gasteiger partial charge >= 0.3 is 0 Å². The summed E-state index contributed by atoms with van der Waals surface area (Å²) in [5, 5.41) is 4.67. The number of para-hydroxylation sites is 1. The van der Waals surface area contributed by atoms with Crippen LogP contribution in [0.1, 0.15) is 15.9 Å². The Morgan fingerprint density at radius 2 is 1.62 bits per heavy atom. The Kier molecular flexibility index (Phi) is 7.34. The molecular weight excluding hydrogens is 433 g/mol. The molecule has 34 heavy (non-hydrogen) atoms. The summed E-state index contributed by atoms with van der Waals surface area (Å²) in [6.45, 7) is 0.939. The van der Waals surface area contributed by atoms with Crippen LogP contribution in [0, 0.1) is 5.82 Å². The fourth-order valence-corrected chi connectivity index (χ4v) is 3.69. The Bertz CT molecular complexity index is 1240. The third-order valence-electron chi connectivity index (χ3n) is 5.40. The minimum Gasteiger partial charge on any atom is -0.436 e. The van der Waals surface area contributed by atoms with Crippen molar-refractivity contribution in [1.82, 2.24) is 14.7 Å². The summed E-state index contributed by atoms with van der Waals surface area (Å²) in [6.07, 6.45) is 0. The lowest BCUT2D eigenvalue weighted by Crippen LogP contribution is -2.33. The molecule has 1 amide bonds. The second kappa shape index (κ2) is 10.8. The Hall–Kier alpha value is -3.97. The van der Waals surface area contributed by atoms with Crippen LogP contribution in [-0.2, 0) is 18.3 Å². The monoisotopic (exact) mass is 459 g/mol. The molecule has 0 spiro atoms. The van der Waals surface area contributed by atoms with Crippen molar-refractivity contribution in [3.05, 3.63) is 102 Å². The van der Waals surface area contributed by atoms with Crippen molar-refractivity contribution in [3.63, 3.8) is 0 Å². The predicted octanol–water partition coefficient (Wildman–Crippen LogP) is 5.31. The first-order valence-corrected chi connectivity index (χ1v) is 11.0. The Morgan fingerprint density at radius 3 is 2.29 bits per heavy atom. The highest BCUT2D eigenvalue weighted by molar-refractivity contribution is 5.94. The first-order chi connectivity index (χ1) is 16.6. The number of amides is 1. The largest absolute Gasteiger partial charge is 0.436 e. The Balaban J connectivity index is 1.78. The molecule has 0 bridgehead atoms. The number of aromatic nitrogens is 2. The van der Waals surface area contributed by atoms with Crippen molar-refractivity contribution in [3.8, 4) is 22.9 Å². The molecule has 1 aromatic heterocycles. The molecule has 0 unspecified atom stereocenters. The summed E-state index contributed by atoms with van der Waals surface area (Å²) < 4.78 is 27.3. The minimum atomic E-state index is -0.479. The van der Waals surface area contributed by atoms with Crippen LogP contribution in [0.3, 0.4) is 0 Å². The van der Waals surface area contributed by atoms with E-state index in [1.54, 1.807) is 54.1 Å². The zero-order chi connectivity index (χ0) is 23.9. The van der Waals surface area contributed by atoms with E-state index in [9.17, 15) is 9.18 Å². The smallest absolute Gasteiger partial charge is 0.254 e. The van der Waals surface area contributed by atoms with E-state index >= 15 is 0 Å². The van der Waals surface area contributed by atoms with Gasteiger partial charge in [-0.15, -0.1) is 0 Å². The number of nitrogens with zero attached hydrogens (tertiary/aromatic N) is 3. The molecule has 1 heterocycles. The average Bonchev–Trinajstić information content (AvgIpc) is 3.18. The highest BCUT2D eigenvalue weighted by atomic mass is 19.1. The van der Waals surface area contributed by atoms with Gasteiger partial charge in [-0.05, 0) is 24.3 Å². The zero-order valence-electron chi connectivity index (χ0n) is 19.1. The standard InChI is InChI=1S/C27H26FN3O3/c1-30-27(34-24-16-10-9-15-23(24)28)22(25(29-30)20-11-5-3-6-12-20)19-31(17-18-33-2)26(32)21-13-7-4-8-14-21/h3-16H,17-19H2,1-2H3. The number of rotatable bonds is 9. The lowest BCUT2D eigenvalue weighted by atomic mass is 10.1. The lowest BCUT2D eigenvalue weighted by molar-refractivity contribution is 0.0679. The maximum atomic E-state index is 14.4. The number of aryl methyl sites for hydroxylation is 1. The molecule has 0 aliphatic carbocycles. The van der Waals surface area contributed by atoms with Crippen LogP contribution in [0.5, 0.6) is 11.6 Å². The number of carbonyl (C=O) groups excluding carboxylic acids is 1. The van der Waals surface area contributed by atoms with Gasteiger partial charge in [-0.25, -0.2) is 9.07 Å². The van der Waals surface area contributed by atoms with Crippen LogP contribution < -0.4 is 4.74 Å². The van der Waals surface area contributed by atoms with Gasteiger partial charge in [0.05, 0.1) is 18.7 Å². The number of hydrogen-bond donors (Lipinski definition) is 0. The summed E-state index contributed by atoms with van der Waals surface area (Å²) in [5.74, 6) is -0.165. The third-order valence-corrected chi connectivity index (χ3v) is 5.40. The fraction of sp³-hybridized carbons (Fsp3) is 0.185. The van der Waals surface area contributed by atoms with E-state index < -0.39 is 5.82 Å². The van der Waals surface area contributed by atoms with Crippen molar-refractivity contribution in [2.24, 2.45) is 7.05 Å². The fourth-order valence-electron chi connectivity index (χ4n) is 3.69. The molecule has 0 saturated carbocycles. The molecule has 4 rings (SSSR count). The van der Waals surface area contributed by atoms with E-state index in [1.165, 1.54) is 6.07 Å². The van der Waals surface area contributed by atoms with Crippen LogP contribution in [-0.4, -0.2) is 40.8 Å². The summed E-state index contributed by atoms with van der Waals surface area (Å²) in [4.78, 5) is 15.1. The van der Waals surface area contributed by atoms with Crippen LogP contribution in [0.2, 0.25) is 0 Å². The molecule has 0 saturated heterocycles. The average molecular weight is 460 g/mol. The first kappa shape index (κ1) is 23.2. The van der Waals surface area contributed by atoms with Crippen LogP contribution in [0.15, 0.2) is 84.9 Å². The molecule has 0 aliphatic heterocycles. The normalized spacial score (nSPS) is 10.8. The number of hydrogen-bond acceptors (Lipinski definition) is 4.